The summed E-state index contributed by atoms with van der Waals surface area (Å²) in [5.74, 6) is 0.580. The van der Waals surface area contributed by atoms with Crippen molar-refractivity contribution in [1.82, 2.24) is 4.98 Å². The van der Waals surface area contributed by atoms with Crippen LogP contribution in [-0.4, -0.2) is 11.2 Å². The largest absolute Gasteiger partial charge is 0.437 e. The summed E-state index contributed by atoms with van der Waals surface area (Å²) in [7, 11) is 0. The molecule has 100 valence electrons. The van der Waals surface area contributed by atoms with E-state index in [1.807, 2.05) is 18.2 Å². The van der Waals surface area contributed by atoms with Crippen LogP contribution in [0.15, 0.2) is 51.8 Å². The first-order valence-electron chi connectivity index (χ1n) is 6.13. The summed E-state index contributed by atoms with van der Waals surface area (Å²) in [5, 5.41) is 0.661. The lowest BCUT2D eigenvalue weighted by Crippen LogP contribution is -1.74. The predicted molar refractivity (Wildman–Crippen MR) is 86.2 cm³/mol. The van der Waals surface area contributed by atoms with E-state index in [9.17, 15) is 0 Å². The van der Waals surface area contributed by atoms with Crippen molar-refractivity contribution in [2.75, 3.05) is 6.26 Å². The summed E-state index contributed by atoms with van der Waals surface area (Å²) < 4.78 is 5.63. The zero-order valence-corrected chi connectivity index (χ0v) is 12.4. The number of hydrogen-bond donors (Lipinski definition) is 0. The molecule has 0 saturated heterocycles. The summed E-state index contributed by atoms with van der Waals surface area (Å²) in [5.41, 5.74) is 2.63. The maximum absolute atomic E-state index is 5.93. The second-order valence-electron chi connectivity index (χ2n) is 4.27. The van der Waals surface area contributed by atoms with Gasteiger partial charge in [-0.2, -0.15) is 0 Å². The molecule has 0 atom stereocenters. The summed E-state index contributed by atoms with van der Waals surface area (Å²) in [4.78, 5) is 5.63. The molecule has 0 aliphatic heterocycles. The molecule has 3 rings (SSSR count). The van der Waals surface area contributed by atoms with E-state index in [-0.39, 0.29) is 0 Å². The van der Waals surface area contributed by atoms with Crippen LogP contribution >= 0.6 is 23.4 Å². The number of thioether (sulfide) groups is 1. The minimum absolute atomic E-state index is 0.580. The Labute approximate surface area is 126 Å². The van der Waals surface area contributed by atoms with Crippen molar-refractivity contribution in [3.8, 4) is 0 Å². The van der Waals surface area contributed by atoms with Crippen molar-refractivity contribution in [2.24, 2.45) is 0 Å². The van der Waals surface area contributed by atoms with Gasteiger partial charge >= 0.3 is 0 Å². The van der Waals surface area contributed by atoms with E-state index >= 15 is 0 Å². The van der Waals surface area contributed by atoms with Crippen LogP contribution < -0.4 is 0 Å². The van der Waals surface area contributed by atoms with Gasteiger partial charge in [-0.15, -0.1) is 11.8 Å². The number of oxazole rings is 1. The Kier molecular flexibility index (Phi) is 3.81. The number of nitrogens with zero attached hydrogens (tertiary/aromatic N) is 1. The molecule has 3 aromatic rings. The Hall–Kier alpha value is -1.71. The van der Waals surface area contributed by atoms with Gasteiger partial charge in [0.2, 0.25) is 5.89 Å². The summed E-state index contributed by atoms with van der Waals surface area (Å²) >= 11 is 7.66. The van der Waals surface area contributed by atoms with Gasteiger partial charge in [0.25, 0.3) is 0 Å². The van der Waals surface area contributed by atoms with Crippen molar-refractivity contribution < 1.29 is 4.42 Å². The zero-order valence-electron chi connectivity index (χ0n) is 10.8. The smallest absolute Gasteiger partial charge is 0.220 e. The first-order valence-corrected chi connectivity index (χ1v) is 7.73. The van der Waals surface area contributed by atoms with E-state index in [0.717, 1.165) is 16.7 Å². The van der Waals surface area contributed by atoms with E-state index < -0.39 is 0 Å². The van der Waals surface area contributed by atoms with E-state index in [2.05, 4.69) is 35.5 Å². The van der Waals surface area contributed by atoms with Crippen LogP contribution in [0.4, 0.5) is 0 Å². The highest BCUT2D eigenvalue weighted by Gasteiger charge is 2.03. The number of rotatable bonds is 3. The van der Waals surface area contributed by atoms with Crippen LogP contribution in [0.1, 0.15) is 11.5 Å². The van der Waals surface area contributed by atoms with Crippen LogP contribution in [0.2, 0.25) is 5.02 Å². The molecule has 1 aromatic heterocycles. The van der Waals surface area contributed by atoms with Gasteiger partial charge in [0.1, 0.15) is 5.52 Å². The van der Waals surface area contributed by atoms with E-state index in [1.54, 1.807) is 23.9 Å². The minimum Gasteiger partial charge on any atom is -0.437 e. The Bertz CT molecular complexity index is 762. The fourth-order valence-electron chi connectivity index (χ4n) is 1.87. The van der Waals surface area contributed by atoms with Gasteiger partial charge < -0.3 is 4.42 Å². The Morgan fingerprint density at radius 3 is 2.65 bits per heavy atom. The summed E-state index contributed by atoms with van der Waals surface area (Å²) in [6.45, 7) is 0. The van der Waals surface area contributed by atoms with E-state index in [1.165, 1.54) is 4.90 Å². The lowest BCUT2D eigenvalue weighted by atomic mass is 10.2. The normalized spacial score (nSPS) is 11.5. The maximum Gasteiger partial charge on any atom is 0.220 e. The predicted octanol–water partition coefficient (Wildman–Crippen LogP) is 5.37. The molecule has 0 amide bonds. The number of halogens is 1. The first kappa shape index (κ1) is 13.3. The monoisotopic (exact) mass is 301 g/mol. The third-order valence-electron chi connectivity index (χ3n) is 2.90. The SMILES string of the molecule is CSc1ccc(C=Cc2nc3cc(Cl)ccc3o2)cc1. The third kappa shape index (κ3) is 2.89. The highest BCUT2D eigenvalue weighted by molar-refractivity contribution is 7.98. The molecule has 0 saturated carbocycles. The van der Waals surface area contributed by atoms with Crippen molar-refractivity contribution in [1.29, 1.82) is 0 Å². The molecule has 0 aliphatic rings. The number of fused-ring (bicyclic) bond motifs is 1. The Morgan fingerprint density at radius 1 is 1.10 bits per heavy atom. The van der Waals surface area contributed by atoms with E-state index in [0.29, 0.717) is 10.9 Å². The fraction of sp³-hybridized carbons (Fsp3) is 0.0625. The van der Waals surface area contributed by atoms with Gasteiger partial charge in [0.05, 0.1) is 0 Å². The molecular formula is C16H12ClNOS. The molecule has 0 bridgehead atoms. The molecule has 0 unspecified atom stereocenters. The van der Waals surface area contributed by atoms with Crippen molar-refractivity contribution in [3.63, 3.8) is 0 Å². The lowest BCUT2D eigenvalue weighted by molar-refractivity contribution is 0.590. The second-order valence-corrected chi connectivity index (χ2v) is 5.59. The van der Waals surface area contributed by atoms with Crippen LogP contribution in [0.3, 0.4) is 0 Å². The zero-order chi connectivity index (χ0) is 13.9. The Balaban J connectivity index is 1.85. The summed E-state index contributed by atoms with van der Waals surface area (Å²) in [6.07, 6.45) is 5.91. The van der Waals surface area contributed by atoms with Gasteiger partial charge in [0, 0.05) is 16.0 Å². The highest BCUT2D eigenvalue weighted by atomic mass is 35.5. The molecule has 0 fully saturated rings. The topological polar surface area (TPSA) is 26.0 Å². The summed E-state index contributed by atoms with van der Waals surface area (Å²) in [6, 6.07) is 13.8. The maximum atomic E-state index is 5.93. The van der Waals surface area contributed by atoms with Crippen molar-refractivity contribution in [3.05, 3.63) is 58.9 Å². The standard InChI is InChI=1S/C16H12ClNOS/c1-20-13-6-2-11(3-7-13)4-9-16-18-14-10-12(17)5-8-15(14)19-16/h2-10H,1H3. The first-order chi connectivity index (χ1) is 9.74. The van der Waals surface area contributed by atoms with Crippen molar-refractivity contribution in [2.45, 2.75) is 4.90 Å². The molecule has 2 nitrogen and oxygen atoms in total. The molecule has 0 aliphatic carbocycles. The quantitative estimate of drug-likeness (QED) is 0.608. The second kappa shape index (κ2) is 5.73. The molecule has 1 heterocycles. The Morgan fingerprint density at radius 2 is 1.90 bits per heavy atom. The molecule has 0 radical (unpaired) electrons. The van der Waals surface area contributed by atoms with Gasteiger partial charge in [-0.3, -0.25) is 0 Å². The van der Waals surface area contributed by atoms with Gasteiger partial charge in [-0.25, -0.2) is 4.98 Å². The van der Waals surface area contributed by atoms with Crippen LogP contribution in [-0.2, 0) is 0 Å². The van der Waals surface area contributed by atoms with Crippen LogP contribution in [0, 0.1) is 0 Å². The molecular weight excluding hydrogens is 290 g/mol. The van der Waals surface area contributed by atoms with Crippen molar-refractivity contribution >= 4 is 46.6 Å². The van der Waals surface area contributed by atoms with Gasteiger partial charge in [-0.05, 0) is 48.2 Å². The molecule has 0 N–H and O–H groups in total. The van der Waals surface area contributed by atoms with Gasteiger partial charge in [-0.1, -0.05) is 23.7 Å². The fourth-order valence-corrected chi connectivity index (χ4v) is 2.45. The van der Waals surface area contributed by atoms with E-state index in [4.69, 9.17) is 16.0 Å². The highest BCUT2D eigenvalue weighted by Crippen LogP contribution is 2.21. The molecule has 20 heavy (non-hydrogen) atoms. The van der Waals surface area contributed by atoms with Gasteiger partial charge in [0.15, 0.2) is 5.58 Å². The molecule has 0 spiro atoms. The minimum atomic E-state index is 0.580. The van der Waals surface area contributed by atoms with Crippen LogP contribution in [0.5, 0.6) is 0 Å². The number of aromatic nitrogens is 1. The molecule has 4 heteroatoms. The number of hydrogen-bond acceptors (Lipinski definition) is 3. The number of benzene rings is 2. The third-order valence-corrected chi connectivity index (χ3v) is 3.88. The lowest BCUT2D eigenvalue weighted by Gasteiger charge is -1.96. The molecule has 2 aromatic carbocycles. The average molecular weight is 302 g/mol. The average Bonchev–Trinajstić information content (AvgIpc) is 2.87. The van der Waals surface area contributed by atoms with Crippen LogP contribution in [0.25, 0.3) is 23.3 Å².